The fourth-order valence-electron chi connectivity index (χ4n) is 2.02. The van der Waals surface area contributed by atoms with Crippen LogP contribution in [0.2, 0.25) is 0 Å². The minimum absolute atomic E-state index is 0.153. The summed E-state index contributed by atoms with van der Waals surface area (Å²) in [4.78, 5) is 21.9. The van der Waals surface area contributed by atoms with Crippen molar-refractivity contribution in [2.75, 3.05) is 0 Å². The summed E-state index contributed by atoms with van der Waals surface area (Å²) in [7, 11) is -3.39. The molecule has 0 N–H and O–H groups in total. The van der Waals surface area contributed by atoms with Gasteiger partial charge in [-0.15, -0.1) is 0 Å². The lowest BCUT2D eigenvalue weighted by Gasteiger charge is -2.06. The van der Waals surface area contributed by atoms with E-state index < -0.39 is 20.3 Å². The highest BCUT2D eigenvalue weighted by Gasteiger charge is 2.14. The fourth-order valence-corrected chi connectivity index (χ4v) is 3.78. The molecule has 0 saturated heterocycles. The summed E-state index contributed by atoms with van der Waals surface area (Å²) in [6, 6.07) is 12.2. The number of hydrogen-bond donors (Lipinski definition) is 0. The average Bonchev–Trinajstić information content (AvgIpc) is 2.47. The van der Waals surface area contributed by atoms with Crippen LogP contribution in [0.5, 0.6) is 0 Å². The predicted octanol–water partition coefficient (Wildman–Crippen LogP) is 3.56. The van der Waals surface area contributed by atoms with Crippen molar-refractivity contribution in [3.05, 3.63) is 70.8 Å². The van der Waals surface area contributed by atoms with Crippen LogP contribution in [0.1, 0.15) is 31.8 Å². The molecular weight excluding hydrogens is 359 g/mol. The van der Waals surface area contributed by atoms with Crippen LogP contribution >= 0.6 is 23.2 Å². The van der Waals surface area contributed by atoms with Gasteiger partial charge in [0.2, 0.25) is 0 Å². The molecule has 0 radical (unpaired) electrons. The van der Waals surface area contributed by atoms with Crippen molar-refractivity contribution in [3.63, 3.8) is 0 Å². The number of benzene rings is 2. The lowest BCUT2D eigenvalue weighted by Crippen LogP contribution is -2.08. The third kappa shape index (κ3) is 5.16. The van der Waals surface area contributed by atoms with Crippen LogP contribution in [-0.2, 0) is 21.3 Å². The molecule has 0 fully saturated rings. The molecule has 0 unspecified atom stereocenters. The molecule has 4 nitrogen and oxygen atoms in total. The van der Waals surface area contributed by atoms with Gasteiger partial charge in [0, 0.05) is 11.1 Å². The first-order chi connectivity index (χ1) is 10.8. The SMILES string of the molecule is O=C(Cl)c1ccc(CS(=O)(=O)Cc2ccc(C(=O)Cl)cc2)cc1. The second-order valence-electron chi connectivity index (χ2n) is 4.97. The first-order valence-corrected chi connectivity index (χ1v) is 9.12. The maximum atomic E-state index is 12.2. The van der Waals surface area contributed by atoms with Gasteiger partial charge in [-0.2, -0.15) is 0 Å². The summed E-state index contributed by atoms with van der Waals surface area (Å²) in [6.45, 7) is 0. The lowest BCUT2D eigenvalue weighted by molar-refractivity contribution is 0.107. The molecule has 0 heterocycles. The molecule has 0 amide bonds. The third-order valence-corrected chi connectivity index (χ3v) is 5.12. The zero-order valence-electron chi connectivity index (χ0n) is 11.8. The van der Waals surface area contributed by atoms with E-state index in [0.29, 0.717) is 22.3 Å². The van der Waals surface area contributed by atoms with Crippen molar-refractivity contribution in [2.45, 2.75) is 11.5 Å². The van der Waals surface area contributed by atoms with Gasteiger partial charge in [-0.1, -0.05) is 24.3 Å². The largest absolute Gasteiger partial charge is 0.276 e. The van der Waals surface area contributed by atoms with E-state index in [4.69, 9.17) is 23.2 Å². The molecule has 0 bridgehead atoms. The Bertz CT molecular complexity index is 760. The lowest BCUT2D eigenvalue weighted by atomic mass is 10.2. The van der Waals surface area contributed by atoms with Crippen LogP contribution in [0, 0.1) is 0 Å². The van der Waals surface area contributed by atoms with Crippen LogP contribution in [-0.4, -0.2) is 18.9 Å². The van der Waals surface area contributed by atoms with Crippen molar-refractivity contribution in [3.8, 4) is 0 Å². The summed E-state index contributed by atoms with van der Waals surface area (Å²) in [5.41, 5.74) is 1.77. The molecular formula is C16H12Cl2O4S. The molecule has 0 spiro atoms. The summed E-state index contributed by atoms with van der Waals surface area (Å²) < 4.78 is 24.4. The number of sulfone groups is 1. The number of rotatable bonds is 6. The second kappa shape index (κ2) is 7.25. The van der Waals surface area contributed by atoms with E-state index in [1.165, 1.54) is 24.3 Å². The van der Waals surface area contributed by atoms with Gasteiger partial charge in [-0.25, -0.2) is 8.42 Å². The Morgan fingerprint density at radius 1 is 0.696 bits per heavy atom. The molecule has 2 aromatic rings. The molecule has 0 aliphatic heterocycles. The highest BCUT2D eigenvalue weighted by molar-refractivity contribution is 7.89. The summed E-state index contributed by atoms with van der Waals surface area (Å²) in [6.07, 6.45) is 0. The van der Waals surface area contributed by atoms with Gasteiger partial charge in [0.15, 0.2) is 9.84 Å². The van der Waals surface area contributed by atoms with E-state index in [0.717, 1.165) is 0 Å². The second-order valence-corrected chi connectivity index (χ2v) is 7.72. The maximum Gasteiger partial charge on any atom is 0.252 e. The van der Waals surface area contributed by atoms with E-state index in [1.54, 1.807) is 24.3 Å². The molecule has 0 aliphatic rings. The zero-order valence-corrected chi connectivity index (χ0v) is 14.2. The highest BCUT2D eigenvalue weighted by Crippen LogP contribution is 2.15. The molecule has 0 aliphatic carbocycles. The first kappa shape index (κ1) is 17.7. The fraction of sp³-hybridized carbons (Fsp3) is 0.125. The number of carbonyl (C=O) groups excluding carboxylic acids is 2. The van der Waals surface area contributed by atoms with E-state index in [9.17, 15) is 18.0 Å². The zero-order chi connectivity index (χ0) is 17.0. The van der Waals surface area contributed by atoms with Crippen LogP contribution in [0.25, 0.3) is 0 Å². The molecule has 120 valence electrons. The number of hydrogen-bond acceptors (Lipinski definition) is 4. The van der Waals surface area contributed by atoms with E-state index >= 15 is 0 Å². The van der Waals surface area contributed by atoms with Gasteiger partial charge >= 0.3 is 0 Å². The molecule has 7 heteroatoms. The van der Waals surface area contributed by atoms with Crippen molar-refractivity contribution in [1.82, 2.24) is 0 Å². The van der Waals surface area contributed by atoms with Crippen molar-refractivity contribution < 1.29 is 18.0 Å². The Morgan fingerprint density at radius 3 is 1.26 bits per heavy atom. The summed E-state index contributed by atoms with van der Waals surface area (Å²) in [5, 5.41) is -1.18. The smallest absolute Gasteiger partial charge is 0.252 e. The highest BCUT2D eigenvalue weighted by atomic mass is 35.5. The van der Waals surface area contributed by atoms with Gasteiger partial charge in [-0.3, -0.25) is 9.59 Å². The minimum atomic E-state index is -3.39. The van der Waals surface area contributed by atoms with Crippen molar-refractivity contribution >= 4 is 43.5 Å². The van der Waals surface area contributed by atoms with Crippen molar-refractivity contribution in [2.24, 2.45) is 0 Å². The molecule has 2 rings (SSSR count). The standard InChI is InChI=1S/C16H12Cl2O4S/c17-15(19)13-5-1-11(2-6-13)9-23(21,22)10-12-3-7-14(8-4-12)16(18)20/h1-8H,9-10H2. The molecule has 2 aromatic carbocycles. The third-order valence-electron chi connectivity index (χ3n) is 3.13. The average molecular weight is 371 g/mol. The summed E-state index contributed by atoms with van der Waals surface area (Å²) >= 11 is 10.7. The van der Waals surface area contributed by atoms with Crippen LogP contribution in [0.3, 0.4) is 0 Å². The Labute approximate surface area is 144 Å². The Morgan fingerprint density at radius 2 is 1.00 bits per heavy atom. The van der Waals surface area contributed by atoms with Gasteiger partial charge in [-0.05, 0) is 58.6 Å². The van der Waals surface area contributed by atoms with Gasteiger partial charge in [0.05, 0.1) is 11.5 Å². The molecule has 23 heavy (non-hydrogen) atoms. The van der Waals surface area contributed by atoms with Crippen molar-refractivity contribution in [1.29, 1.82) is 0 Å². The minimum Gasteiger partial charge on any atom is -0.276 e. The van der Waals surface area contributed by atoms with E-state index in [2.05, 4.69) is 0 Å². The molecule has 0 atom stereocenters. The Balaban J connectivity index is 2.09. The Kier molecular flexibility index (Phi) is 5.57. The monoisotopic (exact) mass is 370 g/mol. The van der Waals surface area contributed by atoms with E-state index in [-0.39, 0.29) is 11.5 Å². The number of halogens is 2. The van der Waals surface area contributed by atoms with Crippen LogP contribution in [0.15, 0.2) is 48.5 Å². The normalized spacial score (nSPS) is 11.2. The van der Waals surface area contributed by atoms with E-state index in [1.807, 2.05) is 0 Å². The van der Waals surface area contributed by atoms with Crippen LogP contribution in [0.4, 0.5) is 0 Å². The summed E-state index contributed by atoms with van der Waals surface area (Å²) in [5.74, 6) is -0.306. The van der Waals surface area contributed by atoms with Gasteiger partial charge < -0.3 is 0 Å². The quantitative estimate of drug-likeness (QED) is 0.729. The molecule has 0 saturated carbocycles. The predicted molar refractivity (Wildman–Crippen MR) is 89.6 cm³/mol. The molecule has 0 aromatic heterocycles. The van der Waals surface area contributed by atoms with Gasteiger partial charge in [0.1, 0.15) is 0 Å². The first-order valence-electron chi connectivity index (χ1n) is 6.55. The van der Waals surface area contributed by atoms with Gasteiger partial charge in [0.25, 0.3) is 10.5 Å². The Hall–Kier alpha value is -1.69. The van der Waals surface area contributed by atoms with Crippen LogP contribution < -0.4 is 0 Å². The maximum absolute atomic E-state index is 12.2. The number of carbonyl (C=O) groups is 2. The topological polar surface area (TPSA) is 68.3 Å².